The second kappa shape index (κ2) is 5.39. The molecule has 0 saturated carbocycles. The van der Waals surface area contributed by atoms with Crippen LogP contribution in [0.4, 0.5) is 8.78 Å². The maximum Gasteiger partial charge on any atom is 0.137 e. The van der Waals surface area contributed by atoms with Crippen molar-refractivity contribution in [2.24, 2.45) is 5.73 Å². The van der Waals surface area contributed by atoms with Gasteiger partial charge in [0.25, 0.3) is 0 Å². The van der Waals surface area contributed by atoms with Gasteiger partial charge in [0.05, 0.1) is 10.5 Å². The zero-order chi connectivity index (χ0) is 14.2. The third-order valence-electron chi connectivity index (χ3n) is 3.26. The molecule has 0 bridgehead atoms. The van der Waals surface area contributed by atoms with E-state index in [2.05, 4.69) is 15.9 Å². The molecule has 2 rings (SSSR count). The average Bonchev–Trinajstić information content (AvgIpc) is 2.36. The molecule has 4 heteroatoms. The van der Waals surface area contributed by atoms with Crippen LogP contribution in [0, 0.1) is 25.5 Å². The monoisotopic (exact) mass is 325 g/mol. The van der Waals surface area contributed by atoms with Gasteiger partial charge in [-0.25, -0.2) is 8.78 Å². The SMILES string of the molecule is Cc1ccc(C(N)c2cc(F)c(Br)cc2F)cc1C. The standard InChI is InChI=1S/C15H14BrF2N/c1-8-3-4-10(5-9(8)2)15(19)11-6-14(18)12(16)7-13(11)17/h3-7,15H,19H2,1-2H3. The normalized spacial score (nSPS) is 12.5. The molecule has 0 amide bonds. The molecule has 0 aliphatic rings. The van der Waals surface area contributed by atoms with Crippen molar-refractivity contribution >= 4 is 15.9 Å². The van der Waals surface area contributed by atoms with E-state index in [0.717, 1.165) is 28.8 Å². The van der Waals surface area contributed by atoms with E-state index in [1.165, 1.54) is 0 Å². The highest BCUT2D eigenvalue weighted by Crippen LogP contribution is 2.27. The Bertz CT molecular complexity index is 626. The highest BCUT2D eigenvalue weighted by molar-refractivity contribution is 9.10. The molecular weight excluding hydrogens is 312 g/mol. The Kier molecular flexibility index (Phi) is 4.02. The summed E-state index contributed by atoms with van der Waals surface area (Å²) in [4.78, 5) is 0. The van der Waals surface area contributed by atoms with Crippen molar-refractivity contribution in [2.45, 2.75) is 19.9 Å². The van der Waals surface area contributed by atoms with Gasteiger partial charge in [-0.05, 0) is 58.6 Å². The van der Waals surface area contributed by atoms with Crippen LogP contribution in [0.1, 0.15) is 28.3 Å². The van der Waals surface area contributed by atoms with Crippen molar-refractivity contribution in [1.29, 1.82) is 0 Å². The quantitative estimate of drug-likeness (QED) is 0.814. The van der Waals surface area contributed by atoms with Crippen LogP contribution in [-0.4, -0.2) is 0 Å². The first-order chi connectivity index (χ1) is 8.90. The zero-order valence-electron chi connectivity index (χ0n) is 10.7. The first-order valence-electron chi connectivity index (χ1n) is 5.87. The number of hydrogen-bond donors (Lipinski definition) is 1. The highest BCUT2D eigenvalue weighted by atomic mass is 79.9. The molecule has 0 radical (unpaired) electrons. The van der Waals surface area contributed by atoms with Crippen LogP contribution >= 0.6 is 15.9 Å². The van der Waals surface area contributed by atoms with E-state index in [4.69, 9.17) is 5.73 Å². The van der Waals surface area contributed by atoms with Crippen LogP contribution in [0.3, 0.4) is 0 Å². The van der Waals surface area contributed by atoms with Crippen LogP contribution < -0.4 is 5.73 Å². The lowest BCUT2D eigenvalue weighted by atomic mass is 9.96. The van der Waals surface area contributed by atoms with Gasteiger partial charge in [0.15, 0.2) is 0 Å². The van der Waals surface area contributed by atoms with Crippen LogP contribution in [0.15, 0.2) is 34.8 Å². The molecular formula is C15H14BrF2N. The van der Waals surface area contributed by atoms with E-state index >= 15 is 0 Å². The summed E-state index contributed by atoms with van der Waals surface area (Å²) in [5, 5.41) is 0. The number of hydrogen-bond acceptors (Lipinski definition) is 1. The fourth-order valence-corrected chi connectivity index (χ4v) is 2.23. The second-order valence-corrected chi connectivity index (χ2v) is 5.46. The molecule has 2 aromatic carbocycles. The molecule has 1 nitrogen and oxygen atoms in total. The third kappa shape index (κ3) is 2.85. The van der Waals surface area contributed by atoms with Gasteiger partial charge in [-0.3, -0.25) is 0 Å². The number of nitrogens with two attached hydrogens (primary N) is 1. The summed E-state index contributed by atoms with van der Waals surface area (Å²) in [5.41, 5.74) is 9.17. The Hall–Kier alpha value is -1.26. The average molecular weight is 326 g/mol. The fraction of sp³-hybridized carbons (Fsp3) is 0.200. The number of rotatable bonds is 2. The van der Waals surface area contributed by atoms with Crippen LogP contribution in [0.2, 0.25) is 0 Å². The molecule has 2 aromatic rings. The van der Waals surface area contributed by atoms with Crippen LogP contribution in [-0.2, 0) is 0 Å². The van der Waals surface area contributed by atoms with E-state index in [-0.39, 0.29) is 10.0 Å². The molecule has 0 spiro atoms. The molecule has 0 aliphatic carbocycles. The van der Waals surface area contributed by atoms with Gasteiger partial charge in [-0.15, -0.1) is 0 Å². The van der Waals surface area contributed by atoms with Gasteiger partial charge in [-0.1, -0.05) is 18.2 Å². The third-order valence-corrected chi connectivity index (χ3v) is 3.87. The lowest BCUT2D eigenvalue weighted by Crippen LogP contribution is -2.14. The summed E-state index contributed by atoms with van der Waals surface area (Å²) in [6, 6.07) is 7.23. The summed E-state index contributed by atoms with van der Waals surface area (Å²) in [6.45, 7) is 3.95. The van der Waals surface area contributed by atoms with Gasteiger partial charge in [0.2, 0.25) is 0 Å². The smallest absolute Gasteiger partial charge is 0.137 e. The van der Waals surface area contributed by atoms with E-state index < -0.39 is 17.7 Å². The van der Waals surface area contributed by atoms with Gasteiger partial charge < -0.3 is 5.73 Å². The largest absolute Gasteiger partial charge is 0.320 e. The van der Waals surface area contributed by atoms with Crippen molar-refractivity contribution in [3.63, 3.8) is 0 Å². The lowest BCUT2D eigenvalue weighted by Gasteiger charge is -2.15. The molecule has 100 valence electrons. The molecule has 0 fully saturated rings. The highest BCUT2D eigenvalue weighted by Gasteiger charge is 2.16. The summed E-state index contributed by atoms with van der Waals surface area (Å²) in [5.74, 6) is -1.03. The Balaban J connectivity index is 2.46. The molecule has 2 N–H and O–H groups in total. The zero-order valence-corrected chi connectivity index (χ0v) is 12.3. The maximum absolute atomic E-state index is 13.9. The summed E-state index contributed by atoms with van der Waals surface area (Å²) in [7, 11) is 0. The predicted octanol–water partition coefficient (Wildman–Crippen LogP) is 4.39. The predicted molar refractivity (Wildman–Crippen MR) is 76.0 cm³/mol. The van der Waals surface area contributed by atoms with Crippen molar-refractivity contribution in [3.05, 3.63) is 68.7 Å². The Morgan fingerprint density at radius 3 is 2.32 bits per heavy atom. The van der Waals surface area contributed by atoms with Gasteiger partial charge in [0, 0.05) is 5.56 Å². The molecule has 19 heavy (non-hydrogen) atoms. The number of benzene rings is 2. The Morgan fingerprint density at radius 2 is 1.68 bits per heavy atom. The number of aryl methyl sites for hydroxylation is 2. The van der Waals surface area contributed by atoms with Gasteiger partial charge >= 0.3 is 0 Å². The first-order valence-corrected chi connectivity index (χ1v) is 6.66. The van der Waals surface area contributed by atoms with Crippen LogP contribution in [0.25, 0.3) is 0 Å². The lowest BCUT2D eigenvalue weighted by molar-refractivity contribution is 0.572. The minimum atomic E-state index is -0.679. The second-order valence-electron chi connectivity index (χ2n) is 4.61. The maximum atomic E-state index is 13.9. The van der Waals surface area contributed by atoms with E-state index in [0.29, 0.717) is 0 Å². The molecule has 0 heterocycles. The minimum Gasteiger partial charge on any atom is -0.320 e. The summed E-state index contributed by atoms with van der Waals surface area (Å²) in [6.07, 6.45) is 0. The van der Waals surface area contributed by atoms with E-state index in [1.807, 2.05) is 32.0 Å². The number of halogens is 3. The van der Waals surface area contributed by atoms with E-state index in [1.54, 1.807) is 0 Å². The molecule has 1 unspecified atom stereocenters. The molecule has 0 aliphatic heterocycles. The first kappa shape index (κ1) is 14.2. The Labute approximate surface area is 119 Å². The topological polar surface area (TPSA) is 26.0 Å². The van der Waals surface area contributed by atoms with Crippen molar-refractivity contribution < 1.29 is 8.78 Å². The fourth-order valence-electron chi connectivity index (χ4n) is 1.91. The van der Waals surface area contributed by atoms with Crippen molar-refractivity contribution in [1.82, 2.24) is 0 Å². The van der Waals surface area contributed by atoms with Crippen molar-refractivity contribution in [3.8, 4) is 0 Å². The molecule has 0 saturated heterocycles. The van der Waals surface area contributed by atoms with Gasteiger partial charge in [0.1, 0.15) is 11.6 Å². The van der Waals surface area contributed by atoms with Crippen molar-refractivity contribution in [2.75, 3.05) is 0 Å². The van der Waals surface area contributed by atoms with Crippen LogP contribution in [0.5, 0.6) is 0 Å². The molecule has 0 aromatic heterocycles. The van der Waals surface area contributed by atoms with E-state index in [9.17, 15) is 8.78 Å². The summed E-state index contributed by atoms with van der Waals surface area (Å²) < 4.78 is 27.5. The summed E-state index contributed by atoms with van der Waals surface area (Å²) >= 11 is 2.95. The Morgan fingerprint density at radius 1 is 1.00 bits per heavy atom. The molecule has 1 atom stereocenters. The minimum absolute atomic E-state index is 0.0982. The van der Waals surface area contributed by atoms with Gasteiger partial charge in [-0.2, -0.15) is 0 Å².